The van der Waals surface area contributed by atoms with Crippen LogP contribution in [0.5, 0.6) is 11.6 Å². The van der Waals surface area contributed by atoms with Gasteiger partial charge in [-0.3, -0.25) is 4.79 Å². The van der Waals surface area contributed by atoms with Crippen molar-refractivity contribution in [3.63, 3.8) is 0 Å². The highest BCUT2D eigenvalue weighted by atomic mass is 35.5. The van der Waals surface area contributed by atoms with Gasteiger partial charge in [0, 0.05) is 12.1 Å². The van der Waals surface area contributed by atoms with Crippen molar-refractivity contribution in [3.05, 3.63) is 69.0 Å². The number of fused-ring (bicyclic) bond motifs is 1. The van der Waals surface area contributed by atoms with E-state index in [1.54, 1.807) is 0 Å². The Balaban J connectivity index is 1.65. The zero-order valence-electron chi connectivity index (χ0n) is 14.7. The Morgan fingerprint density at radius 1 is 1.21 bits per heavy atom. The van der Waals surface area contributed by atoms with E-state index in [1.807, 2.05) is 4.90 Å². The number of alkyl halides is 3. The number of para-hydroxylation sites is 1. The lowest BCUT2D eigenvalue weighted by Gasteiger charge is -2.30. The summed E-state index contributed by atoms with van der Waals surface area (Å²) >= 11 is 6.06. The molecule has 4 rings (SSSR count). The van der Waals surface area contributed by atoms with Gasteiger partial charge in [-0.25, -0.2) is 15.1 Å². The molecule has 0 amide bonds. The van der Waals surface area contributed by atoms with Crippen LogP contribution >= 0.6 is 11.6 Å². The van der Waals surface area contributed by atoms with Gasteiger partial charge in [-0.05, 0) is 18.6 Å². The molecule has 0 aliphatic carbocycles. The third-order valence-corrected chi connectivity index (χ3v) is 4.85. The second kappa shape index (κ2) is 7.36. The first-order valence-electron chi connectivity index (χ1n) is 8.49. The summed E-state index contributed by atoms with van der Waals surface area (Å²) in [6, 6.07) is 4.95. The number of nitrogens with one attached hydrogen (secondary N) is 1. The van der Waals surface area contributed by atoms with Gasteiger partial charge in [0.05, 0.1) is 29.7 Å². The number of anilines is 1. The molecule has 1 aliphatic heterocycles. The predicted octanol–water partition coefficient (Wildman–Crippen LogP) is 3.59. The lowest BCUT2D eigenvalue weighted by atomic mass is 10.1. The molecule has 2 aromatic heterocycles. The number of hydrogen-bond acceptors (Lipinski definition) is 6. The summed E-state index contributed by atoms with van der Waals surface area (Å²) in [5.74, 6) is -0.258. The van der Waals surface area contributed by atoms with Crippen molar-refractivity contribution in [3.8, 4) is 11.6 Å². The van der Waals surface area contributed by atoms with Crippen LogP contribution < -0.4 is 15.2 Å². The number of aromatic nitrogens is 4. The lowest BCUT2D eigenvalue weighted by Crippen LogP contribution is -2.33. The molecule has 3 aromatic rings. The average molecular weight is 424 g/mol. The first-order valence-corrected chi connectivity index (χ1v) is 8.87. The normalized spacial score (nSPS) is 13.9. The fraction of sp³-hybridized carbons (Fsp3) is 0.222. The van der Waals surface area contributed by atoms with E-state index in [4.69, 9.17) is 16.3 Å². The first kappa shape index (κ1) is 19.2. The summed E-state index contributed by atoms with van der Waals surface area (Å²) in [6.45, 7) is 0.711. The molecule has 0 fully saturated rings. The van der Waals surface area contributed by atoms with Gasteiger partial charge in [-0.15, -0.1) is 0 Å². The topological polar surface area (TPSA) is 84.0 Å². The molecule has 3 heterocycles. The number of benzene rings is 1. The van der Waals surface area contributed by atoms with Crippen molar-refractivity contribution >= 4 is 17.3 Å². The van der Waals surface area contributed by atoms with E-state index >= 15 is 0 Å². The van der Waals surface area contributed by atoms with Crippen molar-refractivity contribution in [1.82, 2.24) is 20.2 Å². The van der Waals surface area contributed by atoms with Gasteiger partial charge in [-0.1, -0.05) is 23.7 Å². The van der Waals surface area contributed by atoms with E-state index in [0.717, 1.165) is 6.07 Å². The number of halogens is 4. The second-order valence-electron chi connectivity index (χ2n) is 6.27. The summed E-state index contributed by atoms with van der Waals surface area (Å²) in [7, 11) is 0. The van der Waals surface area contributed by atoms with Crippen LogP contribution in [0.3, 0.4) is 0 Å². The summed E-state index contributed by atoms with van der Waals surface area (Å²) in [6.07, 6.45) is -1.49. The molecular weight excluding hydrogens is 411 g/mol. The summed E-state index contributed by atoms with van der Waals surface area (Å²) < 4.78 is 45.2. The average Bonchev–Trinajstić information content (AvgIpc) is 2.69. The molecule has 1 N–H and O–H groups in total. The van der Waals surface area contributed by atoms with Crippen LogP contribution in [0.4, 0.5) is 18.9 Å². The van der Waals surface area contributed by atoms with Gasteiger partial charge < -0.3 is 9.64 Å². The van der Waals surface area contributed by atoms with Crippen LogP contribution in [-0.4, -0.2) is 26.7 Å². The maximum Gasteiger partial charge on any atom is 0.419 e. The number of rotatable bonds is 3. The molecule has 150 valence electrons. The van der Waals surface area contributed by atoms with Crippen molar-refractivity contribution in [2.75, 3.05) is 11.4 Å². The van der Waals surface area contributed by atoms with Gasteiger partial charge in [0.15, 0.2) is 0 Å². The Bertz CT molecular complexity index is 1120. The molecule has 0 bridgehead atoms. The zero-order valence-corrected chi connectivity index (χ0v) is 15.5. The van der Waals surface area contributed by atoms with Crippen molar-refractivity contribution in [1.29, 1.82) is 0 Å². The Morgan fingerprint density at radius 3 is 2.79 bits per heavy atom. The van der Waals surface area contributed by atoms with Gasteiger partial charge in [0.1, 0.15) is 17.1 Å². The smallest absolute Gasteiger partial charge is 0.419 e. The molecule has 0 spiro atoms. The van der Waals surface area contributed by atoms with Gasteiger partial charge in [0.25, 0.3) is 5.56 Å². The van der Waals surface area contributed by atoms with Crippen LogP contribution in [0.15, 0.2) is 41.6 Å². The van der Waals surface area contributed by atoms with Crippen LogP contribution in [0, 0.1) is 0 Å². The molecule has 7 nitrogen and oxygen atoms in total. The van der Waals surface area contributed by atoms with Gasteiger partial charge in [0.2, 0.25) is 5.88 Å². The maximum atomic E-state index is 13.2. The molecule has 0 saturated heterocycles. The van der Waals surface area contributed by atoms with E-state index in [-0.39, 0.29) is 23.2 Å². The van der Waals surface area contributed by atoms with E-state index in [0.29, 0.717) is 29.9 Å². The van der Waals surface area contributed by atoms with Gasteiger partial charge >= 0.3 is 6.18 Å². The van der Waals surface area contributed by atoms with Crippen LogP contribution in [0.2, 0.25) is 5.02 Å². The Hall–Kier alpha value is -3.14. The molecule has 1 aromatic carbocycles. The van der Waals surface area contributed by atoms with Crippen LogP contribution in [0.25, 0.3) is 0 Å². The quantitative estimate of drug-likeness (QED) is 0.693. The minimum Gasteiger partial charge on any atom is -0.438 e. The number of nitrogens with zero attached hydrogens (tertiary/aromatic N) is 4. The van der Waals surface area contributed by atoms with Crippen LogP contribution in [0.1, 0.15) is 16.8 Å². The second-order valence-corrected chi connectivity index (χ2v) is 6.65. The molecule has 0 atom stereocenters. The minimum atomic E-state index is -4.55. The molecule has 0 unspecified atom stereocenters. The van der Waals surface area contributed by atoms with E-state index in [2.05, 4.69) is 20.2 Å². The summed E-state index contributed by atoms with van der Waals surface area (Å²) in [5.41, 5.74) is 0.234. The molecule has 0 saturated carbocycles. The number of aromatic amines is 1. The molecule has 11 heteroatoms. The SMILES string of the molecule is O=c1[nH]ncc(N2CCc3c(ncnc3Oc3ccccc3C(F)(F)F)C2)c1Cl. The van der Waals surface area contributed by atoms with E-state index in [1.165, 1.54) is 30.7 Å². The number of H-pyrrole nitrogens is 1. The van der Waals surface area contributed by atoms with Crippen molar-refractivity contribution in [2.24, 2.45) is 0 Å². The first-order chi connectivity index (χ1) is 13.8. The highest BCUT2D eigenvalue weighted by Crippen LogP contribution is 2.39. The number of ether oxygens (including phenoxy) is 1. The van der Waals surface area contributed by atoms with Crippen molar-refractivity contribution < 1.29 is 17.9 Å². The Morgan fingerprint density at radius 2 is 2.00 bits per heavy atom. The predicted molar refractivity (Wildman–Crippen MR) is 98.2 cm³/mol. The summed E-state index contributed by atoms with van der Waals surface area (Å²) in [5, 5.41) is 6.01. The highest BCUT2D eigenvalue weighted by molar-refractivity contribution is 6.33. The molecule has 1 aliphatic rings. The standard InChI is InChI=1S/C18H13ClF3N5O2/c19-15-13(7-25-26-16(15)28)27-6-5-10-12(8-27)23-9-24-17(10)29-14-4-2-1-3-11(14)18(20,21)22/h1-4,7,9H,5-6,8H2,(H,26,28). The van der Waals surface area contributed by atoms with E-state index in [9.17, 15) is 18.0 Å². The zero-order chi connectivity index (χ0) is 20.6. The van der Waals surface area contributed by atoms with Crippen molar-refractivity contribution in [2.45, 2.75) is 19.1 Å². The Kier molecular flexibility index (Phi) is 4.87. The molecular formula is C18H13ClF3N5O2. The third-order valence-electron chi connectivity index (χ3n) is 4.48. The minimum absolute atomic E-state index is 0.00749. The van der Waals surface area contributed by atoms with E-state index < -0.39 is 17.3 Å². The molecule has 29 heavy (non-hydrogen) atoms. The lowest BCUT2D eigenvalue weighted by molar-refractivity contribution is -0.138. The van der Waals surface area contributed by atoms with Gasteiger partial charge in [-0.2, -0.15) is 18.3 Å². The molecule has 0 radical (unpaired) electrons. The fourth-order valence-electron chi connectivity index (χ4n) is 3.11. The highest BCUT2D eigenvalue weighted by Gasteiger charge is 2.35. The fourth-order valence-corrected chi connectivity index (χ4v) is 3.32. The summed E-state index contributed by atoms with van der Waals surface area (Å²) in [4.78, 5) is 21.7. The third kappa shape index (κ3) is 3.75. The van der Waals surface area contributed by atoms with Crippen LogP contribution in [-0.2, 0) is 19.1 Å². The monoisotopic (exact) mass is 423 g/mol. The largest absolute Gasteiger partial charge is 0.438 e. The maximum absolute atomic E-state index is 13.2. The Labute approximate surface area is 167 Å². The number of hydrogen-bond donors (Lipinski definition) is 1.